The minimum absolute atomic E-state index is 0.280. The van der Waals surface area contributed by atoms with Gasteiger partial charge in [-0.2, -0.15) is 0 Å². The zero-order valence-corrected chi connectivity index (χ0v) is 13.8. The van der Waals surface area contributed by atoms with E-state index in [4.69, 9.17) is 0 Å². The summed E-state index contributed by atoms with van der Waals surface area (Å²) < 4.78 is 4.61. The Morgan fingerprint density at radius 3 is 2.42 bits per heavy atom. The number of hydrogen-bond acceptors (Lipinski definition) is 5. The molecule has 1 aromatic carbocycles. The molecule has 0 heterocycles. The van der Waals surface area contributed by atoms with E-state index in [-0.39, 0.29) is 6.54 Å². The zero-order chi connectivity index (χ0) is 17.9. The first-order valence-corrected chi connectivity index (χ1v) is 7.72. The Balaban J connectivity index is 2.48. The van der Waals surface area contributed by atoms with Crippen molar-refractivity contribution in [3.8, 4) is 0 Å². The fourth-order valence-corrected chi connectivity index (χ4v) is 2.15. The highest BCUT2D eigenvalue weighted by Gasteiger charge is 2.23. The van der Waals surface area contributed by atoms with Gasteiger partial charge >= 0.3 is 5.97 Å². The number of hydrogen-bond donors (Lipinski definition) is 2. The third kappa shape index (κ3) is 5.83. The Morgan fingerprint density at radius 2 is 1.88 bits per heavy atom. The minimum atomic E-state index is -0.785. The van der Waals surface area contributed by atoms with Gasteiger partial charge in [-0.15, -0.1) is 0 Å². The van der Waals surface area contributed by atoms with E-state index in [1.165, 1.54) is 7.11 Å². The zero-order valence-electron chi connectivity index (χ0n) is 13.8. The number of carbonyl (C=O) groups is 4. The van der Waals surface area contributed by atoms with Gasteiger partial charge in [0.15, 0.2) is 0 Å². The molecule has 0 aliphatic carbocycles. The van der Waals surface area contributed by atoms with E-state index in [1.54, 1.807) is 24.3 Å². The molecule has 1 unspecified atom stereocenters. The van der Waals surface area contributed by atoms with Gasteiger partial charge in [0, 0.05) is 6.54 Å². The number of ether oxygens (including phenoxy) is 1. The van der Waals surface area contributed by atoms with Crippen molar-refractivity contribution in [2.75, 3.05) is 13.7 Å². The van der Waals surface area contributed by atoms with Crippen LogP contribution < -0.4 is 10.6 Å². The second kappa shape index (κ2) is 10.1. The quantitative estimate of drug-likeness (QED) is 0.371. The van der Waals surface area contributed by atoms with E-state index in [0.717, 1.165) is 5.56 Å². The number of rotatable bonds is 10. The van der Waals surface area contributed by atoms with Crippen molar-refractivity contribution >= 4 is 24.1 Å². The molecule has 1 atom stereocenters. The third-order valence-electron chi connectivity index (χ3n) is 3.46. The Hall–Kier alpha value is -2.70. The highest BCUT2D eigenvalue weighted by atomic mass is 16.5. The molecule has 0 saturated carbocycles. The summed E-state index contributed by atoms with van der Waals surface area (Å²) in [5.74, 6) is -1.77. The van der Waals surface area contributed by atoms with Crippen molar-refractivity contribution in [1.82, 2.24) is 10.6 Å². The van der Waals surface area contributed by atoms with E-state index in [1.807, 2.05) is 6.92 Å². The van der Waals surface area contributed by atoms with Gasteiger partial charge in [0.2, 0.25) is 12.2 Å². The summed E-state index contributed by atoms with van der Waals surface area (Å²) in [6, 6.07) is 6.01. The van der Waals surface area contributed by atoms with Crippen LogP contribution in [-0.4, -0.2) is 43.8 Å². The predicted octanol–water partition coefficient (Wildman–Crippen LogP) is 0.616. The number of Topliss-reactive ketones (excluding diaryl/α,β-unsaturated/α-hetero) is 1. The standard InChI is InChI=1S/C17H22N2O5/c1-3-4-14(19-11-20)15(21)16(22)18-10-9-12-5-7-13(8-6-12)17(23)24-2/h5-8,11,14H,3-4,9-10H2,1-2H3,(H,18,22)(H,19,20). The SMILES string of the molecule is CCCC(NC=O)C(=O)C(=O)NCCc1ccc(C(=O)OC)cc1. The lowest BCUT2D eigenvalue weighted by molar-refractivity contribution is -0.139. The van der Waals surface area contributed by atoms with Crippen LogP contribution >= 0.6 is 0 Å². The summed E-state index contributed by atoms with van der Waals surface area (Å²) in [7, 11) is 1.31. The Morgan fingerprint density at radius 1 is 1.21 bits per heavy atom. The molecule has 0 bridgehead atoms. The van der Waals surface area contributed by atoms with Crippen molar-refractivity contribution < 1.29 is 23.9 Å². The van der Waals surface area contributed by atoms with Crippen LogP contribution in [0.4, 0.5) is 0 Å². The maximum atomic E-state index is 11.9. The monoisotopic (exact) mass is 334 g/mol. The van der Waals surface area contributed by atoms with Crippen LogP contribution in [-0.2, 0) is 25.5 Å². The summed E-state index contributed by atoms with van der Waals surface area (Å²) in [5.41, 5.74) is 1.36. The van der Waals surface area contributed by atoms with Gasteiger partial charge in [0.05, 0.1) is 18.7 Å². The average Bonchev–Trinajstić information content (AvgIpc) is 2.60. The number of ketones is 1. The van der Waals surface area contributed by atoms with Crippen molar-refractivity contribution in [2.45, 2.75) is 32.2 Å². The number of amides is 2. The van der Waals surface area contributed by atoms with Crippen molar-refractivity contribution in [2.24, 2.45) is 0 Å². The molecule has 130 valence electrons. The fraction of sp³-hybridized carbons (Fsp3) is 0.412. The number of esters is 1. The van der Waals surface area contributed by atoms with Crippen molar-refractivity contribution in [3.05, 3.63) is 35.4 Å². The molecule has 7 nitrogen and oxygen atoms in total. The van der Waals surface area contributed by atoms with Gasteiger partial charge in [-0.05, 0) is 30.5 Å². The van der Waals surface area contributed by atoms with Crippen LogP contribution in [0.5, 0.6) is 0 Å². The molecule has 0 radical (unpaired) electrons. The first kappa shape index (κ1) is 19.3. The van der Waals surface area contributed by atoms with Crippen LogP contribution in [0.15, 0.2) is 24.3 Å². The van der Waals surface area contributed by atoms with Gasteiger partial charge in [0.1, 0.15) is 0 Å². The lowest BCUT2D eigenvalue weighted by Gasteiger charge is -2.13. The molecule has 0 spiro atoms. The van der Waals surface area contributed by atoms with Crippen LogP contribution in [0.1, 0.15) is 35.7 Å². The maximum Gasteiger partial charge on any atom is 0.337 e. The number of nitrogens with one attached hydrogen (secondary N) is 2. The van der Waals surface area contributed by atoms with E-state index < -0.39 is 23.7 Å². The number of carbonyl (C=O) groups excluding carboxylic acids is 4. The second-order valence-corrected chi connectivity index (χ2v) is 5.18. The summed E-state index contributed by atoms with van der Waals surface area (Å²) in [4.78, 5) is 45.6. The summed E-state index contributed by atoms with van der Waals surface area (Å²) in [6.07, 6.45) is 2.03. The Labute approximate surface area is 140 Å². The molecular weight excluding hydrogens is 312 g/mol. The molecule has 2 amide bonds. The topological polar surface area (TPSA) is 102 Å². The Kier molecular flexibility index (Phi) is 8.18. The smallest absolute Gasteiger partial charge is 0.337 e. The highest BCUT2D eigenvalue weighted by molar-refractivity contribution is 6.38. The van der Waals surface area contributed by atoms with Crippen LogP contribution in [0.2, 0.25) is 0 Å². The molecule has 1 aromatic rings. The van der Waals surface area contributed by atoms with Crippen molar-refractivity contribution in [3.63, 3.8) is 0 Å². The number of benzene rings is 1. The van der Waals surface area contributed by atoms with Gasteiger partial charge < -0.3 is 15.4 Å². The van der Waals surface area contributed by atoms with Gasteiger partial charge in [0.25, 0.3) is 5.91 Å². The van der Waals surface area contributed by atoms with E-state index in [9.17, 15) is 19.2 Å². The molecule has 0 aliphatic rings. The first-order chi connectivity index (χ1) is 11.5. The lowest BCUT2D eigenvalue weighted by Crippen LogP contribution is -2.45. The molecule has 24 heavy (non-hydrogen) atoms. The van der Waals surface area contributed by atoms with Crippen LogP contribution in [0, 0.1) is 0 Å². The van der Waals surface area contributed by atoms with E-state index >= 15 is 0 Å². The van der Waals surface area contributed by atoms with Crippen molar-refractivity contribution in [1.29, 1.82) is 0 Å². The number of methoxy groups -OCH3 is 1. The normalized spacial score (nSPS) is 11.2. The molecule has 0 aromatic heterocycles. The molecular formula is C17H22N2O5. The van der Waals surface area contributed by atoms with Gasteiger partial charge in [-0.25, -0.2) is 4.79 Å². The minimum Gasteiger partial charge on any atom is -0.465 e. The highest BCUT2D eigenvalue weighted by Crippen LogP contribution is 2.06. The van der Waals surface area contributed by atoms with Crippen LogP contribution in [0.25, 0.3) is 0 Å². The molecule has 0 fully saturated rings. The van der Waals surface area contributed by atoms with Gasteiger partial charge in [-0.1, -0.05) is 25.5 Å². The molecule has 7 heteroatoms. The average molecular weight is 334 g/mol. The second-order valence-electron chi connectivity index (χ2n) is 5.18. The van der Waals surface area contributed by atoms with E-state index in [2.05, 4.69) is 15.4 Å². The van der Waals surface area contributed by atoms with Gasteiger partial charge in [-0.3, -0.25) is 14.4 Å². The largest absolute Gasteiger partial charge is 0.465 e. The summed E-state index contributed by atoms with van der Waals surface area (Å²) in [5, 5.41) is 4.90. The molecule has 1 rings (SSSR count). The maximum absolute atomic E-state index is 11.9. The molecule has 0 aliphatic heterocycles. The molecule has 0 saturated heterocycles. The lowest BCUT2D eigenvalue weighted by atomic mass is 10.1. The first-order valence-electron chi connectivity index (χ1n) is 7.72. The predicted molar refractivity (Wildman–Crippen MR) is 87.4 cm³/mol. The summed E-state index contributed by atoms with van der Waals surface area (Å²) in [6.45, 7) is 2.14. The summed E-state index contributed by atoms with van der Waals surface area (Å²) >= 11 is 0. The fourth-order valence-electron chi connectivity index (χ4n) is 2.15. The third-order valence-corrected chi connectivity index (χ3v) is 3.46. The Bertz CT molecular complexity index is 583. The molecule has 2 N–H and O–H groups in total. The van der Waals surface area contributed by atoms with Crippen LogP contribution in [0.3, 0.4) is 0 Å². The van der Waals surface area contributed by atoms with E-state index in [0.29, 0.717) is 31.2 Å².